The molecule has 1 aliphatic rings. The SMILES string of the molecule is COc1ccc2ncc(Cl)c([C@@H](F)CCC3(CO)CCN(CCCc4ccccn4)CC3)c2c1. The number of benzene rings is 1. The van der Waals surface area contributed by atoms with Gasteiger partial charge in [-0.2, -0.15) is 0 Å². The molecule has 3 aromatic rings. The summed E-state index contributed by atoms with van der Waals surface area (Å²) >= 11 is 6.39. The summed E-state index contributed by atoms with van der Waals surface area (Å²) in [6, 6.07) is 11.4. The van der Waals surface area contributed by atoms with E-state index in [0.29, 0.717) is 40.1 Å². The number of aryl methyl sites for hydroxylation is 1. The van der Waals surface area contributed by atoms with Gasteiger partial charge >= 0.3 is 0 Å². The van der Waals surface area contributed by atoms with E-state index < -0.39 is 6.17 Å². The lowest BCUT2D eigenvalue weighted by Crippen LogP contribution is -2.42. The monoisotopic (exact) mass is 485 g/mol. The fourth-order valence-electron chi connectivity index (χ4n) is 4.96. The molecule has 2 aromatic heterocycles. The average molecular weight is 486 g/mol. The average Bonchev–Trinajstić information content (AvgIpc) is 2.88. The van der Waals surface area contributed by atoms with Gasteiger partial charge in [-0.15, -0.1) is 0 Å². The number of hydrogen-bond acceptors (Lipinski definition) is 5. The molecule has 1 aliphatic heterocycles. The van der Waals surface area contributed by atoms with Gasteiger partial charge in [0, 0.05) is 35.6 Å². The summed E-state index contributed by atoms with van der Waals surface area (Å²) in [7, 11) is 1.58. The molecule has 182 valence electrons. The van der Waals surface area contributed by atoms with Crippen molar-refractivity contribution in [2.45, 2.75) is 44.7 Å². The van der Waals surface area contributed by atoms with Crippen molar-refractivity contribution in [2.24, 2.45) is 5.41 Å². The normalized spacial score (nSPS) is 17.1. The Kier molecular flexibility index (Phi) is 8.35. The first-order valence-corrected chi connectivity index (χ1v) is 12.4. The van der Waals surface area contributed by atoms with Crippen LogP contribution in [0.25, 0.3) is 10.9 Å². The number of hydrogen-bond donors (Lipinski definition) is 1. The minimum absolute atomic E-state index is 0.0835. The number of piperidine rings is 1. The Morgan fingerprint density at radius 3 is 2.74 bits per heavy atom. The maximum Gasteiger partial charge on any atom is 0.127 e. The Morgan fingerprint density at radius 1 is 1.21 bits per heavy atom. The van der Waals surface area contributed by atoms with Crippen LogP contribution in [0.3, 0.4) is 0 Å². The number of halogens is 2. The first-order valence-electron chi connectivity index (χ1n) is 12.0. The number of aliphatic hydroxyl groups excluding tert-OH is 1. The second-order valence-electron chi connectivity index (χ2n) is 9.33. The number of ether oxygens (including phenoxy) is 1. The molecule has 4 rings (SSSR count). The lowest BCUT2D eigenvalue weighted by Gasteiger charge is -2.41. The Morgan fingerprint density at radius 2 is 2.03 bits per heavy atom. The van der Waals surface area contributed by atoms with E-state index in [4.69, 9.17) is 16.3 Å². The van der Waals surface area contributed by atoms with Crippen molar-refractivity contribution in [1.29, 1.82) is 0 Å². The Labute approximate surface area is 205 Å². The van der Waals surface area contributed by atoms with Crippen molar-refractivity contribution in [3.8, 4) is 5.75 Å². The van der Waals surface area contributed by atoms with Crippen LogP contribution in [0.4, 0.5) is 4.39 Å². The van der Waals surface area contributed by atoms with E-state index in [-0.39, 0.29) is 12.0 Å². The molecular formula is C27H33ClFN3O2. The zero-order valence-corrected chi connectivity index (χ0v) is 20.5. The second-order valence-corrected chi connectivity index (χ2v) is 9.74. The largest absolute Gasteiger partial charge is 0.497 e. The van der Waals surface area contributed by atoms with Gasteiger partial charge < -0.3 is 14.7 Å². The Hall–Kier alpha value is -2.28. The van der Waals surface area contributed by atoms with Gasteiger partial charge in [0.1, 0.15) is 11.9 Å². The molecule has 7 heteroatoms. The third-order valence-corrected chi connectivity index (χ3v) is 7.50. The van der Waals surface area contributed by atoms with E-state index >= 15 is 4.39 Å². The van der Waals surface area contributed by atoms with Crippen LogP contribution in [-0.4, -0.2) is 53.3 Å². The quantitative estimate of drug-likeness (QED) is 0.394. The van der Waals surface area contributed by atoms with Crippen LogP contribution in [0.15, 0.2) is 48.8 Å². The summed E-state index contributed by atoms with van der Waals surface area (Å²) in [6.45, 7) is 2.95. The lowest BCUT2D eigenvalue weighted by atomic mass is 9.74. The topological polar surface area (TPSA) is 58.5 Å². The molecule has 5 nitrogen and oxygen atoms in total. The number of pyridine rings is 2. The van der Waals surface area contributed by atoms with Crippen LogP contribution in [0.2, 0.25) is 5.02 Å². The molecule has 0 unspecified atom stereocenters. The van der Waals surface area contributed by atoms with Crippen LogP contribution in [0.1, 0.15) is 49.5 Å². The Bertz CT molecular complexity index is 1070. The molecule has 0 spiro atoms. The zero-order valence-electron chi connectivity index (χ0n) is 19.7. The number of nitrogens with zero attached hydrogens (tertiary/aromatic N) is 3. The highest BCUT2D eigenvalue weighted by Gasteiger charge is 2.35. The van der Waals surface area contributed by atoms with Gasteiger partial charge in [0.25, 0.3) is 0 Å². The highest BCUT2D eigenvalue weighted by atomic mass is 35.5. The fraction of sp³-hybridized carbons (Fsp3) is 0.481. The number of fused-ring (bicyclic) bond motifs is 1. The molecule has 1 aromatic carbocycles. The van der Waals surface area contributed by atoms with Gasteiger partial charge in [-0.05, 0) is 93.9 Å². The minimum atomic E-state index is -1.23. The highest BCUT2D eigenvalue weighted by molar-refractivity contribution is 6.32. The summed E-state index contributed by atoms with van der Waals surface area (Å²) in [5, 5.41) is 11.2. The smallest absolute Gasteiger partial charge is 0.127 e. The number of rotatable bonds is 10. The lowest BCUT2D eigenvalue weighted by molar-refractivity contribution is 0.0300. The van der Waals surface area contributed by atoms with Crippen molar-refractivity contribution in [2.75, 3.05) is 33.4 Å². The Balaban J connectivity index is 1.34. The van der Waals surface area contributed by atoms with E-state index in [2.05, 4.69) is 20.9 Å². The molecule has 0 amide bonds. The van der Waals surface area contributed by atoms with Crippen LogP contribution in [0.5, 0.6) is 5.75 Å². The highest BCUT2D eigenvalue weighted by Crippen LogP contribution is 2.41. The van der Waals surface area contributed by atoms with E-state index in [0.717, 1.165) is 51.0 Å². The molecule has 1 N–H and O–H groups in total. The third kappa shape index (κ3) is 5.85. The maximum absolute atomic E-state index is 15.6. The molecule has 1 atom stereocenters. The molecule has 3 heterocycles. The van der Waals surface area contributed by atoms with E-state index in [1.54, 1.807) is 13.2 Å². The van der Waals surface area contributed by atoms with Crippen molar-refractivity contribution in [3.05, 3.63) is 65.1 Å². The third-order valence-electron chi connectivity index (χ3n) is 7.20. The molecule has 0 aliphatic carbocycles. The molecule has 1 fully saturated rings. The summed E-state index contributed by atoms with van der Waals surface area (Å²) < 4.78 is 20.9. The molecule has 34 heavy (non-hydrogen) atoms. The number of methoxy groups -OCH3 is 1. The van der Waals surface area contributed by atoms with Gasteiger partial charge in [0.2, 0.25) is 0 Å². The predicted molar refractivity (Wildman–Crippen MR) is 134 cm³/mol. The number of likely N-dealkylation sites (tertiary alicyclic amines) is 1. The van der Waals surface area contributed by atoms with Crippen LogP contribution in [-0.2, 0) is 6.42 Å². The van der Waals surface area contributed by atoms with Crippen molar-refractivity contribution in [3.63, 3.8) is 0 Å². The first kappa shape index (κ1) is 24.8. The number of aromatic nitrogens is 2. The first-order chi connectivity index (χ1) is 16.5. The van der Waals surface area contributed by atoms with Crippen molar-refractivity contribution < 1.29 is 14.2 Å². The van der Waals surface area contributed by atoms with Gasteiger partial charge in [-0.1, -0.05) is 17.7 Å². The second kappa shape index (κ2) is 11.4. The van der Waals surface area contributed by atoms with Crippen molar-refractivity contribution >= 4 is 22.5 Å². The van der Waals surface area contributed by atoms with Crippen LogP contribution in [0, 0.1) is 5.41 Å². The summed E-state index contributed by atoms with van der Waals surface area (Å²) in [4.78, 5) is 11.2. The van der Waals surface area contributed by atoms with Crippen molar-refractivity contribution in [1.82, 2.24) is 14.9 Å². The summed E-state index contributed by atoms with van der Waals surface area (Å²) in [5.41, 5.74) is 2.04. The molecule has 0 radical (unpaired) electrons. The molecular weight excluding hydrogens is 453 g/mol. The molecule has 1 saturated heterocycles. The predicted octanol–water partition coefficient (Wildman–Crippen LogP) is 5.79. The standard InChI is InChI=1S/C27H33ClFN3O2/c1-34-21-7-8-25-22(17-21)26(23(28)18-31-25)24(29)9-10-27(19-33)11-15-32(16-12-27)14-4-6-20-5-2-3-13-30-20/h2-3,5,7-8,13,17-18,24,33H,4,6,9-12,14-16,19H2,1H3/t24-/m0/s1. The van der Waals surface area contributed by atoms with Crippen LogP contribution < -0.4 is 4.74 Å². The van der Waals surface area contributed by atoms with Gasteiger partial charge in [0.15, 0.2) is 0 Å². The minimum Gasteiger partial charge on any atom is -0.497 e. The summed E-state index contributed by atoms with van der Waals surface area (Å²) in [5.74, 6) is 0.646. The van der Waals surface area contributed by atoms with Gasteiger partial charge in [-0.25, -0.2) is 4.39 Å². The fourth-order valence-corrected chi connectivity index (χ4v) is 5.23. The molecule has 0 saturated carbocycles. The van der Waals surface area contributed by atoms with E-state index in [1.165, 1.54) is 6.20 Å². The number of aliphatic hydroxyl groups is 1. The molecule has 0 bridgehead atoms. The zero-order chi connectivity index (χ0) is 24.0. The summed E-state index contributed by atoms with van der Waals surface area (Å²) in [6.07, 6.45) is 6.84. The van der Waals surface area contributed by atoms with E-state index in [9.17, 15) is 5.11 Å². The maximum atomic E-state index is 15.6. The van der Waals surface area contributed by atoms with Gasteiger partial charge in [0.05, 0.1) is 17.6 Å². The van der Waals surface area contributed by atoms with Gasteiger partial charge in [-0.3, -0.25) is 9.97 Å². The van der Waals surface area contributed by atoms with E-state index in [1.807, 2.05) is 30.5 Å². The van der Waals surface area contributed by atoms with Crippen LogP contribution >= 0.6 is 11.6 Å². The number of alkyl halides is 1.